The maximum absolute atomic E-state index is 13.2. The van der Waals surface area contributed by atoms with Crippen LogP contribution in [0.2, 0.25) is 0 Å². The van der Waals surface area contributed by atoms with Gasteiger partial charge in [0.05, 0.1) is 12.1 Å². The van der Waals surface area contributed by atoms with Gasteiger partial charge in [-0.2, -0.15) is 11.3 Å². The molecule has 1 amide bonds. The lowest BCUT2D eigenvalue weighted by molar-refractivity contribution is -0.132. The van der Waals surface area contributed by atoms with E-state index < -0.39 is 0 Å². The molecule has 1 aliphatic heterocycles. The number of thiophene rings is 1. The summed E-state index contributed by atoms with van der Waals surface area (Å²) < 4.78 is 5.24. The smallest absolute Gasteiger partial charge is 0.227 e. The van der Waals surface area contributed by atoms with E-state index in [1.807, 2.05) is 13.8 Å². The molecule has 25 heavy (non-hydrogen) atoms. The van der Waals surface area contributed by atoms with Crippen molar-refractivity contribution in [3.05, 3.63) is 39.4 Å². The highest BCUT2D eigenvalue weighted by molar-refractivity contribution is 7.07. The van der Waals surface area contributed by atoms with Crippen molar-refractivity contribution in [3.8, 4) is 0 Å². The van der Waals surface area contributed by atoms with Gasteiger partial charge in [0.1, 0.15) is 5.76 Å². The predicted octanol–water partition coefficient (Wildman–Crippen LogP) is 3.07. The van der Waals surface area contributed by atoms with E-state index in [1.165, 1.54) is 18.4 Å². The molecular formula is C19H25N3O2S. The highest BCUT2D eigenvalue weighted by Crippen LogP contribution is 2.56. The molecule has 0 aromatic carbocycles. The van der Waals surface area contributed by atoms with Gasteiger partial charge in [0, 0.05) is 18.2 Å². The van der Waals surface area contributed by atoms with Crippen LogP contribution in [-0.2, 0) is 17.8 Å². The van der Waals surface area contributed by atoms with Crippen molar-refractivity contribution in [2.75, 3.05) is 13.1 Å². The standard InChI is InChI=1S/C19H25N3O2S/c1-13-16(14(2)24-21-13)9-18(23)22(11-15-3-8-25-12-15)17-10-19(17)4-6-20-7-5-19/h3,8,12,17,20H,4-7,9-11H2,1-2H3. The fraction of sp³-hybridized carbons (Fsp3) is 0.579. The van der Waals surface area contributed by atoms with Crippen LogP contribution in [0.4, 0.5) is 0 Å². The second kappa shape index (κ2) is 6.57. The van der Waals surface area contributed by atoms with Gasteiger partial charge in [0.25, 0.3) is 0 Å². The Bertz CT molecular complexity index is 727. The molecule has 2 aliphatic rings. The number of hydrogen-bond acceptors (Lipinski definition) is 5. The van der Waals surface area contributed by atoms with Crippen molar-refractivity contribution >= 4 is 17.2 Å². The van der Waals surface area contributed by atoms with Crippen molar-refractivity contribution in [3.63, 3.8) is 0 Å². The van der Waals surface area contributed by atoms with Gasteiger partial charge in [-0.05, 0) is 74.0 Å². The van der Waals surface area contributed by atoms with Gasteiger partial charge in [-0.3, -0.25) is 4.79 Å². The number of piperidine rings is 1. The first-order valence-corrected chi connectivity index (χ1v) is 9.96. The summed E-state index contributed by atoms with van der Waals surface area (Å²) in [6, 6.07) is 2.50. The first kappa shape index (κ1) is 16.8. The van der Waals surface area contributed by atoms with E-state index in [0.717, 1.165) is 36.5 Å². The largest absolute Gasteiger partial charge is 0.361 e. The zero-order valence-corrected chi connectivity index (χ0v) is 15.7. The molecule has 6 heteroatoms. The number of amides is 1. The number of aromatic nitrogens is 1. The Morgan fingerprint density at radius 3 is 2.88 bits per heavy atom. The molecule has 4 rings (SSSR count). The van der Waals surface area contributed by atoms with Crippen molar-refractivity contribution < 1.29 is 9.32 Å². The second-order valence-electron chi connectivity index (χ2n) is 7.47. The number of carbonyl (C=O) groups is 1. The van der Waals surface area contributed by atoms with Gasteiger partial charge >= 0.3 is 0 Å². The molecule has 2 aromatic rings. The van der Waals surface area contributed by atoms with Gasteiger partial charge in [0.15, 0.2) is 0 Å². The molecule has 1 saturated carbocycles. The Morgan fingerprint density at radius 1 is 1.44 bits per heavy atom. The number of nitrogens with zero attached hydrogens (tertiary/aromatic N) is 2. The Hall–Kier alpha value is -1.66. The lowest BCUT2D eigenvalue weighted by Crippen LogP contribution is -2.39. The highest BCUT2D eigenvalue weighted by Gasteiger charge is 2.57. The van der Waals surface area contributed by atoms with Crippen LogP contribution in [-0.4, -0.2) is 35.1 Å². The highest BCUT2D eigenvalue weighted by atomic mass is 32.1. The zero-order valence-electron chi connectivity index (χ0n) is 14.9. The van der Waals surface area contributed by atoms with Crippen molar-refractivity contribution in [1.82, 2.24) is 15.4 Å². The second-order valence-corrected chi connectivity index (χ2v) is 8.25. The molecule has 0 radical (unpaired) electrons. The normalized spacial score (nSPS) is 21.4. The minimum atomic E-state index is 0.195. The lowest BCUT2D eigenvalue weighted by atomic mass is 9.93. The number of aryl methyl sites for hydroxylation is 2. The third kappa shape index (κ3) is 3.25. The van der Waals surface area contributed by atoms with Gasteiger partial charge in [-0.15, -0.1) is 0 Å². The number of carbonyl (C=O) groups excluding carboxylic acids is 1. The third-order valence-corrected chi connectivity index (χ3v) is 6.62. The van der Waals surface area contributed by atoms with Gasteiger partial charge in [-0.1, -0.05) is 5.16 Å². The van der Waals surface area contributed by atoms with E-state index in [2.05, 4.69) is 32.2 Å². The molecule has 2 fully saturated rings. The molecule has 1 unspecified atom stereocenters. The van der Waals surface area contributed by atoms with Crippen LogP contribution in [0.15, 0.2) is 21.3 Å². The molecule has 1 atom stereocenters. The number of rotatable bonds is 5. The summed E-state index contributed by atoms with van der Waals surface area (Å²) in [5, 5.41) is 11.7. The quantitative estimate of drug-likeness (QED) is 0.891. The fourth-order valence-corrected chi connectivity index (χ4v) is 4.85. The number of nitrogens with one attached hydrogen (secondary N) is 1. The van der Waals surface area contributed by atoms with E-state index in [9.17, 15) is 4.79 Å². The predicted molar refractivity (Wildman–Crippen MR) is 97.5 cm³/mol. The Balaban J connectivity index is 1.54. The van der Waals surface area contributed by atoms with Crippen LogP contribution in [0.5, 0.6) is 0 Å². The van der Waals surface area contributed by atoms with Crippen molar-refractivity contribution in [2.45, 2.75) is 52.1 Å². The fourth-order valence-electron chi connectivity index (χ4n) is 4.19. The Morgan fingerprint density at radius 2 is 2.24 bits per heavy atom. The van der Waals surface area contributed by atoms with Crippen LogP contribution in [0.1, 0.15) is 41.8 Å². The van der Waals surface area contributed by atoms with E-state index in [4.69, 9.17) is 4.52 Å². The Kier molecular flexibility index (Phi) is 4.41. The average molecular weight is 359 g/mol. The molecule has 1 N–H and O–H groups in total. The van der Waals surface area contributed by atoms with Crippen molar-refractivity contribution in [2.24, 2.45) is 5.41 Å². The molecule has 2 aromatic heterocycles. The van der Waals surface area contributed by atoms with Gasteiger partial charge in [0.2, 0.25) is 5.91 Å². The molecule has 3 heterocycles. The summed E-state index contributed by atoms with van der Waals surface area (Å²) in [4.78, 5) is 15.3. The monoisotopic (exact) mass is 359 g/mol. The molecule has 134 valence electrons. The summed E-state index contributed by atoms with van der Waals surface area (Å²) in [7, 11) is 0. The lowest BCUT2D eigenvalue weighted by Gasteiger charge is -2.29. The maximum Gasteiger partial charge on any atom is 0.227 e. The van der Waals surface area contributed by atoms with E-state index in [1.54, 1.807) is 11.3 Å². The molecule has 5 nitrogen and oxygen atoms in total. The molecule has 0 bridgehead atoms. The third-order valence-electron chi connectivity index (χ3n) is 5.88. The molecule has 1 saturated heterocycles. The van der Waals surface area contributed by atoms with E-state index >= 15 is 0 Å². The van der Waals surface area contributed by atoms with Crippen LogP contribution in [0.25, 0.3) is 0 Å². The summed E-state index contributed by atoms with van der Waals surface area (Å²) in [5.41, 5.74) is 3.34. The molecular weight excluding hydrogens is 334 g/mol. The SMILES string of the molecule is Cc1noc(C)c1CC(=O)N(Cc1ccsc1)C1CC12CCNCC2. The maximum atomic E-state index is 13.2. The van der Waals surface area contributed by atoms with Crippen LogP contribution in [0, 0.1) is 19.3 Å². The topological polar surface area (TPSA) is 58.4 Å². The van der Waals surface area contributed by atoms with Crippen LogP contribution < -0.4 is 5.32 Å². The van der Waals surface area contributed by atoms with E-state index in [0.29, 0.717) is 24.4 Å². The minimum Gasteiger partial charge on any atom is -0.361 e. The summed E-state index contributed by atoms with van der Waals surface area (Å²) in [5.74, 6) is 0.953. The van der Waals surface area contributed by atoms with Crippen molar-refractivity contribution in [1.29, 1.82) is 0 Å². The molecule has 1 aliphatic carbocycles. The first-order valence-electron chi connectivity index (χ1n) is 9.02. The van der Waals surface area contributed by atoms with Crippen LogP contribution >= 0.6 is 11.3 Å². The summed E-state index contributed by atoms with van der Waals surface area (Å²) in [6.45, 7) is 6.65. The average Bonchev–Trinajstić information content (AvgIpc) is 2.96. The van der Waals surface area contributed by atoms with Gasteiger partial charge < -0.3 is 14.7 Å². The first-order chi connectivity index (χ1) is 12.1. The summed E-state index contributed by atoms with van der Waals surface area (Å²) in [6.07, 6.45) is 3.88. The van der Waals surface area contributed by atoms with E-state index in [-0.39, 0.29) is 5.91 Å². The number of hydrogen-bond donors (Lipinski definition) is 1. The summed E-state index contributed by atoms with van der Waals surface area (Å²) >= 11 is 1.69. The van der Waals surface area contributed by atoms with Crippen LogP contribution in [0.3, 0.4) is 0 Å². The minimum absolute atomic E-state index is 0.195. The Labute approximate surface area is 152 Å². The molecule has 1 spiro atoms. The van der Waals surface area contributed by atoms with Gasteiger partial charge in [-0.25, -0.2) is 0 Å². The zero-order chi connectivity index (χ0) is 17.4.